The van der Waals surface area contributed by atoms with Gasteiger partial charge in [0.2, 0.25) is 0 Å². The first-order valence-corrected chi connectivity index (χ1v) is 23.5. The summed E-state index contributed by atoms with van der Waals surface area (Å²) < 4.78 is 3.77. The van der Waals surface area contributed by atoms with Gasteiger partial charge in [-0.05, 0) is 0 Å². The number of halogens is 2. The van der Waals surface area contributed by atoms with Crippen molar-refractivity contribution in [1.82, 2.24) is 0 Å². The third kappa shape index (κ3) is 6.63. The van der Waals surface area contributed by atoms with Crippen LogP contribution in [0.2, 0.25) is 0 Å². The van der Waals surface area contributed by atoms with Crippen LogP contribution in [0.1, 0.15) is 135 Å². The van der Waals surface area contributed by atoms with Crippen LogP contribution in [0.15, 0.2) is 106 Å². The Morgan fingerprint density at radius 3 is 1.44 bits per heavy atom. The maximum Gasteiger partial charge on any atom is -1.00 e. The van der Waals surface area contributed by atoms with Crippen LogP contribution in [0.5, 0.6) is 0 Å². The van der Waals surface area contributed by atoms with E-state index in [1.165, 1.54) is 72.4 Å². The van der Waals surface area contributed by atoms with Crippen molar-refractivity contribution in [3.8, 4) is 11.1 Å². The van der Waals surface area contributed by atoms with Crippen molar-refractivity contribution in [2.75, 3.05) is 0 Å². The number of rotatable bonds is 5. The molecule has 54 heavy (non-hydrogen) atoms. The van der Waals surface area contributed by atoms with E-state index in [1.54, 1.807) is 17.6 Å². The Morgan fingerprint density at radius 2 is 1.06 bits per heavy atom. The summed E-state index contributed by atoms with van der Waals surface area (Å²) in [6.45, 7) is 28.4. The molecule has 0 amide bonds. The van der Waals surface area contributed by atoms with E-state index in [0.29, 0.717) is 9.54 Å². The van der Waals surface area contributed by atoms with Crippen molar-refractivity contribution < 1.29 is 46.1 Å². The van der Waals surface area contributed by atoms with Crippen molar-refractivity contribution in [3.05, 3.63) is 162 Å². The zero-order chi connectivity index (χ0) is 37.1. The first-order chi connectivity index (χ1) is 24.5. The second-order valence-corrected chi connectivity index (χ2v) is 24.6. The van der Waals surface area contributed by atoms with Crippen LogP contribution in [0.4, 0.5) is 0 Å². The van der Waals surface area contributed by atoms with Crippen LogP contribution >= 0.6 is 0 Å². The Kier molecular flexibility index (Phi) is 10.8. The van der Waals surface area contributed by atoms with Crippen molar-refractivity contribution in [2.24, 2.45) is 11.3 Å². The zero-order valence-corrected chi connectivity index (χ0v) is 38.3. The molecule has 0 bridgehead atoms. The zero-order valence-electron chi connectivity index (χ0n) is 34.4. The molecule has 1 unspecified atom stereocenters. The predicted octanol–water partition coefficient (Wildman–Crippen LogP) is 7.55. The van der Waals surface area contributed by atoms with Gasteiger partial charge in [-0.3, -0.25) is 0 Å². The van der Waals surface area contributed by atoms with Gasteiger partial charge in [0.15, 0.2) is 0 Å². The fourth-order valence-electron chi connectivity index (χ4n) is 9.85. The normalized spacial score (nSPS) is 18.5. The fourth-order valence-corrected chi connectivity index (χ4v) is 19.6. The van der Waals surface area contributed by atoms with Gasteiger partial charge in [-0.15, -0.1) is 0 Å². The molecular weight excluding hydrogens is 775 g/mol. The molecular formula is C51H56Cl2Zr. The number of fused-ring (bicyclic) bond motifs is 5. The SMILES string of the molecule is CCC1C=C(C(C)(C)C)C=[C]1[Zr+2](=[C](c1ccc(C)cc1)c1ccc(C)cc1)[CH]1c2cc3c(cc2-c2cc4c(cc21)C(C)(C)C=C4C)C(C)=CC3(C)C.[Cl-].[Cl-]. The molecule has 4 aromatic rings. The van der Waals surface area contributed by atoms with Gasteiger partial charge in [-0.25, -0.2) is 0 Å². The largest absolute Gasteiger partial charge is 1.00 e. The Balaban J connectivity index is 0.00000249. The van der Waals surface area contributed by atoms with E-state index in [4.69, 9.17) is 0 Å². The summed E-state index contributed by atoms with van der Waals surface area (Å²) in [6, 6.07) is 29.7. The molecule has 0 fully saturated rings. The molecule has 0 nitrogen and oxygen atoms in total. The minimum Gasteiger partial charge on any atom is -1.00 e. The first kappa shape index (κ1) is 40.8. The molecule has 1 atom stereocenters. The van der Waals surface area contributed by atoms with E-state index in [2.05, 4.69) is 180 Å². The average Bonchev–Trinajstić information content (AvgIpc) is 3.78. The first-order valence-electron chi connectivity index (χ1n) is 19.6. The fraction of sp³-hybridized carbons (Fsp3) is 0.353. The topological polar surface area (TPSA) is 0 Å². The minimum atomic E-state index is -3.00. The number of hydrogen-bond acceptors (Lipinski definition) is 0. The van der Waals surface area contributed by atoms with Gasteiger partial charge < -0.3 is 24.8 Å². The van der Waals surface area contributed by atoms with Crippen LogP contribution in [-0.4, -0.2) is 3.21 Å². The predicted molar refractivity (Wildman–Crippen MR) is 222 cm³/mol. The maximum atomic E-state index is 2.72. The molecule has 278 valence electrons. The summed E-state index contributed by atoms with van der Waals surface area (Å²) in [6.07, 6.45) is 11.5. The van der Waals surface area contributed by atoms with Crippen LogP contribution in [0, 0.1) is 25.2 Å². The second-order valence-electron chi connectivity index (χ2n) is 18.5. The van der Waals surface area contributed by atoms with E-state index in [1.807, 2.05) is 0 Å². The summed E-state index contributed by atoms with van der Waals surface area (Å²) in [5.74, 6) is 0.464. The summed E-state index contributed by atoms with van der Waals surface area (Å²) in [5.41, 5.74) is 22.0. The average molecular weight is 831 g/mol. The summed E-state index contributed by atoms with van der Waals surface area (Å²) in [4.78, 5) is 0. The van der Waals surface area contributed by atoms with Gasteiger partial charge in [-0.1, -0.05) is 0 Å². The molecule has 0 spiro atoms. The van der Waals surface area contributed by atoms with Crippen molar-refractivity contribution >= 4 is 14.4 Å². The van der Waals surface area contributed by atoms with E-state index in [9.17, 15) is 0 Å². The second kappa shape index (κ2) is 14.3. The number of hydrogen-bond donors (Lipinski definition) is 0. The third-order valence-electron chi connectivity index (χ3n) is 12.6. The molecule has 0 radical (unpaired) electrons. The van der Waals surface area contributed by atoms with E-state index >= 15 is 0 Å². The summed E-state index contributed by atoms with van der Waals surface area (Å²) >= 11 is -3.00. The van der Waals surface area contributed by atoms with Crippen molar-refractivity contribution in [2.45, 2.75) is 104 Å². The number of aryl methyl sites for hydroxylation is 2. The van der Waals surface area contributed by atoms with Gasteiger partial charge in [0.1, 0.15) is 0 Å². The molecule has 3 heteroatoms. The number of allylic oxidation sites excluding steroid dienone is 8. The summed E-state index contributed by atoms with van der Waals surface area (Å²) in [7, 11) is 0. The maximum absolute atomic E-state index is 3.00. The van der Waals surface area contributed by atoms with Crippen molar-refractivity contribution in [3.63, 3.8) is 0 Å². The van der Waals surface area contributed by atoms with Crippen LogP contribution < -0.4 is 24.8 Å². The Labute approximate surface area is 345 Å². The molecule has 0 saturated carbocycles. The van der Waals surface area contributed by atoms with Crippen LogP contribution in [0.3, 0.4) is 0 Å². The molecule has 0 aliphatic heterocycles. The van der Waals surface area contributed by atoms with Gasteiger partial charge >= 0.3 is 324 Å². The Hall–Kier alpha value is -2.83. The summed E-state index contributed by atoms with van der Waals surface area (Å²) in [5, 5.41) is 0. The molecule has 0 heterocycles. The molecule has 4 aliphatic rings. The van der Waals surface area contributed by atoms with Crippen LogP contribution in [0.25, 0.3) is 22.3 Å². The van der Waals surface area contributed by atoms with Gasteiger partial charge in [0.25, 0.3) is 0 Å². The Bertz CT molecular complexity index is 2200. The van der Waals surface area contributed by atoms with Gasteiger partial charge in [0, 0.05) is 0 Å². The quantitative estimate of drug-likeness (QED) is 0.195. The van der Waals surface area contributed by atoms with Gasteiger partial charge in [-0.2, -0.15) is 0 Å². The third-order valence-corrected chi connectivity index (χ3v) is 21.1. The van der Waals surface area contributed by atoms with Crippen molar-refractivity contribution in [1.29, 1.82) is 0 Å². The molecule has 8 rings (SSSR count). The molecule has 0 saturated heterocycles. The van der Waals surface area contributed by atoms with E-state index < -0.39 is 21.3 Å². The van der Waals surface area contributed by atoms with E-state index in [0.717, 1.165) is 6.42 Å². The monoisotopic (exact) mass is 828 g/mol. The Morgan fingerprint density at radius 1 is 0.630 bits per heavy atom. The molecule has 0 aromatic heterocycles. The molecule has 4 aromatic carbocycles. The van der Waals surface area contributed by atoms with Gasteiger partial charge in [0.05, 0.1) is 0 Å². The molecule has 4 aliphatic carbocycles. The molecule has 0 N–H and O–H groups in total. The van der Waals surface area contributed by atoms with Crippen LogP contribution in [-0.2, 0) is 32.1 Å². The standard InChI is InChI=1S/C25H25.C15H14.C11H17.2ClH.Zr/c1-14-12-24(3,4)22-8-16-7-17-9-23-19(15(2)13-25(23,5)6)11-21(17)20(16)10-18(14)22;1-12-3-7-14(8-4-12)11-15-9-5-13(2)6-10-15;1-5-9-6-7-10(8-9)11(2,3)4;;;/h7-13H,1-6H3;3-10H,1-2H3;7-9H,5H2,1-4H3;2*1H;/q;;;;;+2/p-2. The van der Waals surface area contributed by atoms with E-state index in [-0.39, 0.29) is 41.1 Å². The minimum absolute atomic E-state index is 0. The smallest absolute Gasteiger partial charge is 1.00 e. The number of benzene rings is 4.